The maximum atomic E-state index is 12.8. The molecule has 0 aliphatic carbocycles. The van der Waals surface area contributed by atoms with Crippen molar-refractivity contribution < 1.29 is 9.59 Å². The van der Waals surface area contributed by atoms with Gasteiger partial charge in [-0.25, -0.2) is 15.0 Å². The average molecular weight is 475 g/mol. The number of hydrogen-bond donors (Lipinski definition) is 2. The maximum absolute atomic E-state index is 12.8. The number of rotatable bonds is 6. The van der Waals surface area contributed by atoms with Gasteiger partial charge in [0, 0.05) is 12.7 Å². The molecule has 0 saturated carbocycles. The van der Waals surface area contributed by atoms with Gasteiger partial charge in [-0.2, -0.15) is 10.4 Å². The lowest BCUT2D eigenvalue weighted by molar-refractivity contribution is 0.0936. The zero-order valence-corrected chi connectivity index (χ0v) is 19.8. The van der Waals surface area contributed by atoms with Gasteiger partial charge in [0.1, 0.15) is 21.9 Å². The Kier molecular flexibility index (Phi) is 6.08. The second-order valence-electron chi connectivity index (χ2n) is 8.26. The van der Waals surface area contributed by atoms with Gasteiger partial charge >= 0.3 is 0 Å². The fourth-order valence-corrected chi connectivity index (χ4v) is 4.12. The fraction of sp³-hybridized carbons (Fsp3) is 0.261. The minimum absolute atomic E-state index is 0.222. The lowest BCUT2D eigenvalue weighted by Crippen LogP contribution is -2.27. The lowest BCUT2D eigenvalue weighted by atomic mass is 9.86. The van der Waals surface area contributed by atoms with Crippen molar-refractivity contribution in [1.82, 2.24) is 30.0 Å². The van der Waals surface area contributed by atoms with Crippen LogP contribution in [-0.2, 0) is 12.5 Å². The predicted molar refractivity (Wildman–Crippen MR) is 127 cm³/mol. The highest BCUT2D eigenvalue weighted by molar-refractivity contribution is 7.13. The summed E-state index contributed by atoms with van der Waals surface area (Å²) in [5.41, 5.74) is 1.51. The van der Waals surface area contributed by atoms with Crippen LogP contribution in [0, 0.1) is 11.3 Å². The molecule has 4 aromatic rings. The van der Waals surface area contributed by atoms with Crippen molar-refractivity contribution >= 4 is 39.9 Å². The number of anilines is 1. The molecule has 34 heavy (non-hydrogen) atoms. The summed E-state index contributed by atoms with van der Waals surface area (Å²) in [6, 6.07) is 9.01. The predicted octanol–water partition coefficient (Wildman–Crippen LogP) is 3.36. The van der Waals surface area contributed by atoms with Crippen molar-refractivity contribution in [1.29, 1.82) is 5.26 Å². The summed E-state index contributed by atoms with van der Waals surface area (Å²) in [5, 5.41) is 20.3. The van der Waals surface area contributed by atoms with Crippen molar-refractivity contribution in [3.63, 3.8) is 0 Å². The van der Waals surface area contributed by atoms with E-state index < -0.39 is 11.5 Å². The molecule has 0 aliphatic rings. The third-order valence-electron chi connectivity index (χ3n) is 5.33. The molecule has 0 spiro atoms. The van der Waals surface area contributed by atoms with E-state index in [1.807, 2.05) is 19.9 Å². The Balaban J connectivity index is 1.45. The first-order chi connectivity index (χ1) is 16.2. The Morgan fingerprint density at radius 1 is 1.18 bits per heavy atom. The zero-order chi connectivity index (χ0) is 24.5. The van der Waals surface area contributed by atoms with E-state index in [1.54, 1.807) is 43.0 Å². The average Bonchev–Trinajstić information content (AvgIpc) is 3.47. The number of carbonyl (C=O) groups is 2. The molecule has 172 valence electrons. The molecule has 1 aromatic carbocycles. The Labute approximate surface area is 199 Å². The highest BCUT2D eigenvalue weighted by atomic mass is 32.1. The number of nitrogens with zero attached hydrogens (tertiary/aromatic N) is 6. The summed E-state index contributed by atoms with van der Waals surface area (Å²) in [4.78, 5) is 38.5. The number of fused-ring (bicyclic) bond motifs is 1. The van der Waals surface area contributed by atoms with Crippen molar-refractivity contribution in [2.45, 2.75) is 32.2 Å². The second kappa shape index (κ2) is 8.99. The third-order valence-corrected chi connectivity index (χ3v) is 6.51. The number of amides is 2. The highest BCUT2D eigenvalue weighted by Gasteiger charge is 2.22. The number of aryl methyl sites for hydroxylation is 1. The van der Waals surface area contributed by atoms with Crippen LogP contribution in [0.15, 0.2) is 43.0 Å². The van der Waals surface area contributed by atoms with Gasteiger partial charge in [0.15, 0.2) is 5.65 Å². The SMILES string of the molecule is CC(NC(=O)c1ncnc2c1cnn2C)c1ncc(C(=O)Nc2cccc(C(C)(C)C#N)c2)s1. The summed E-state index contributed by atoms with van der Waals surface area (Å²) in [6.07, 6.45) is 4.35. The molecule has 10 nitrogen and oxygen atoms in total. The minimum Gasteiger partial charge on any atom is -0.342 e. The summed E-state index contributed by atoms with van der Waals surface area (Å²) >= 11 is 1.19. The zero-order valence-electron chi connectivity index (χ0n) is 19.0. The van der Waals surface area contributed by atoms with E-state index in [-0.39, 0.29) is 17.5 Å². The molecule has 1 atom stereocenters. The smallest absolute Gasteiger partial charge is 0.271 e. The quantitative estimate of drug-likeness (QED) is 0.437. The Hall–Kier alpha value is -4.17. The number of carbonyl (C=O) groups excluding carboxylic acids is 2. The summed E-state index contributed by atoms with van der Waals surface area (Å²) in [5.74, 6) is -0.701. The van der Waals surface area contributed by atoms with Crippen LogP contribution in [0.1, 0.15) is 57.5 Å². The van der Waals surface area contributed by atoms with Crippen LogP contribution in [0.2, 0.25) is 0 Å². The molecule has 1 unspecified atom stereocenters. The molecule has 2 N–H and O–H groups in total. The van der Waals surface area contributed by atoms with Crippen molar-refractivity contribution in [3.05, 3.63) is 64.1 Å². The van der Waals surface area contributed by atoms with E-state index in [0.29, 0.717) is 26.6 Å². The van der Waals surface area contributed by atoms with Crippen LogP contribution < -0.4 is 10.6 Å². The maximum Gasteiger partial charge on any atom is 0.271 e. The van der Waals surface area contributed by atoms with Gasteiger partial charge in [-0.3, -0.25) is 14.3 Å². The Morgan fingerprint density at radius 2 is 1.97 bits per heavy atom. The Morgan fingerprint density at radius 3 is 2.74 bits per heavy atom. The molecule has 3 aromatic heterocycles. The van der Waals surface area contributed by atoms with Gasteiger partial charge in [-0.15, -0.1) is 11.3 Å². The monoisotopic (exact) mass is 474 g/mol. The van der Waals surface area contributed by atoms with Crippen LogP contribution in [0.3, 0.4) is 0 Å². The van der Waals surface area contributed by atoms with Crippen molar-refractivity contribution in [2.24, 2.45) is 7.05 Å². The lowest BCUT2D eigenvalue weighted by Gasteiger charge is -2.16. The second-order valence-corrected chi connectivity index (χ2v) is 9.32. The number of hydrogen-bond acceptors (Lipinski definition) is 8. The summed E-state index contributed by atoms with van der Waals surface area (Å²) < 4.78 is 1.57. The number of nitriles is 1. The first kappa shape index (κ1) is 23.0. The summed E-state index contributed by atoms with van der Waals surface area (Å²) in [6.45, 7) is 5.42. The Bertz CT molecular complexity index is 1430. The molecule has 3 heterocycles. The molecule has 2 amide bonds. The van der Waals surface area contributed by atoms with Gasteiger partial charge in [-0.05, 0) is 38.5 Å². The summed E-state index contributed by atoms with van der Waals surface area (Å²) in [7, 11) is 1.74. The first-order valence-electron chi connectivity index (χ1n) is 10.4. The number of aromatic nitrogens is 5. The molecule has 0 fully saturated rings. The first-order valence-corrected chi connectivity index (χ1v) is 11.2. The van der Waals surface area contributed by atoms with E-state index in [4.69, 9.17) is 0 Å². The van der Waals surface area contributed by atoms with Crippen LogP contribution in [0.25, 0.3) is 11.0 Å². The van der Waals surface area contributed by atoms with Crippen molar-refractivity contribution in [3.8, 4) is 6.07 Å². The van der Waals surface area contributed by atoms with Crippen LogP contribution in [-0.4, -0.2) is 36.5 Å². The van der Waals surface area contributed by atoms with Gasteiger partial charge < -0.3 is 10.6 Å². The van der Waals surface area contributed by atoms with E-state index in [0.717, 1.165) is 5.56 Å². The van der Waals surface area contributed by atoms with Gasteiger partial charge in [0.25, 0.3) is 11.8 Å². The molecule has 4 rings (SSSR count). The molecular formula is C23H22N8O2S. The van der Waals surface area contributed by atoms with Crippen LogP contribution in [0.5, 0.6) is 0 Å². The van der Waals surface area contributed by atoms with Crippen molar-refractivity contribution in [2.75, 3.05) is 5.32 Å². The normalized spacial score (nSPS) is 12.2. The van der Waals surface area contributed by atoms with Gasteiger partial charge in [0.2, 0.25) is 0 Å². The molecule has 11 heteroatoms. The molecule has 0 aliphatic heterocycles. The fourth-order valence-electron chi connectivity index (χ4n) is 3.31. The van der Waals surface area contributed by atoms with E-state index in [2.05, 4.69) is 36.8 Å². The van der Waals surface area contributed by atoms with Gasteiger partial charge in [-0.1, -0.05) is 12.1 Å². The van der Waals surface area contributed by atoms with E-state index >= 15 is 0 Å². The largest absolute Gasteiger partial charge is 0.342 e. The number of benzene rings is 1. The number of thiazole rings is 1. The van der Waals surface area contributed by atoms with Crippen LogP contribution >= 0.6 is 11.3 Å². The molecule has 0 bridgehead atoms. The molecular weight excluding hydrogens is 452 g/mol. The van der Waals surface area contributed by atoms with E-state index in [1.165, 1.54) is 23.9 Å². The van der Waals surface area contributed by atoms with E-state index in [9.17, 15) is 14.9 Å². The highest BCUT2D eigenvalue weighted by Crippen LogP contribution is 2.26. The van der Waals surface area contributed by atoms with Gasteiger partial charge in [0.05, 0.1) is 35.3 Å². The topological polar surface area (TPSA) is 138 Å². The molecule has 0 radical (unpaired) electrons. The van der Waals surface area contributed by atoms with Crippen LogP contribution in [0.4, 0.5) is 5.69 Å². The standard InChI is InChI=1S/C23H22N8O2S/c1-13(29-21(33)18-16-9-28-31(4)19(16)27-12-26-18)22-25-10-17(34-22)20(32)30-15-7-5-6-14(8-15)23(2,3)11-24/h5-10,12-13H,1-4H3,(H,29,33)(H,30,32). The third kappa shape index (κ3) is 4.49. The number of nitrogens with one attached hydrogen (secondary N) is 2. The molecule has 0 saturated heterocycles. The minimum atomic E-state index is -0.670.